The van der Waals surface area contributed by atoms with Crippen LogP contribution in [0, 0.1) is 17.3 Å². The first kappa shape index (κ1) is 6.70. The molecule has 0 fully saturated rings. The van der Waals surface area contributed by atoms with Gasteiger partial charge in [0.2, 0.25) is 0 Å². The van der Waals surface area contributed by atoms with E-state index in [0.717, 1.165) is 6.21 Å². The summed E-state index contributed by atoms with van der Waals surface area (Å²) in [7, 11) is 0. The third-order valence-corrected chi connectivity index (χ3v) is 0.399. The SMILES string of the molecule is N=CCC#CC(=O)O. The van der Waals surface area contributed by atoms with Gasteiger partial charge in [0.1, 0.15) is 0 Å². The highest BCUT2D eigenvalue weighted by molar-refractivity contribution is 5.86. The number of hydrogen-bond acceptors (Lipinski definition) is 2. The Morgan fingerprint density at radius 3 is 2.88 bits per heavy atom. The van der Waals surface area contributed by atoms with Gasteiger partial charge in [-0.3, -0.25) is 0 Å². The molecule has 0 heterocycles. The van der Waals surface area contributed by atoms with Gasteiger partial charge in [0.25, 0.3) is 0 Å². The zero-order valence-electron chi connectivity index (χ0n) is 4.14. The van der Waals surface area contributed by atoms with Crippen LogP contribution in [0.25, 0.3) is 0 Å². The minimum absolute atomic E-state index is 0.215. The summed E-state index contributed by atoms with van der Waals surface area (Å²) in [4.78, 5) is 9.63. The summed E-state index contributed by atoms with van der Waals surface area (Å²) in [6.07, 6.45) is 1.27. The standard InChI is InChI=1S/C5H5NO2/c6-4-2-1-3-5(7)8/h4,6H,2H2,(H,7,8). The van der Waals surface area contributed by atoms with Crippen molar-refractivity contribution in [2.45, 2.75) is 6.42 Å². The van der Waals surface area contributed by atoms with Crippen molar-refractivity contribution >= 4 is 12.2 Å². The molecule has 0 aliphatic rings. The maximum Gasteiger partial charge on any atom is 0.381 e. The van der Waals surface area contributed by atoms with E-state index >= 15 is 0 Å². The molecule has 0 radical (unpaired) electrons. The lowest BCUT2D eigenvalue weighted by Gasteiger charge is -1.68. The fraction of sp³-hybridized carbons (Fsp3) is 0.200. The molecule has 42 valence electrons. The van der Waals surface area contributed by atoms with Gasteiger partial charge < -0.3 is 10.5 Å². The number of rotatable bonds is 1. The van der Waals surface area contributed by atoms with Crippen LogP contribution >= 0.6 is 0 Å². The fourth-order valence-corrected chi connectivity index (χ4v) is 0.178. The molecule has 0 saturated carbocycles. The van der Waals surface area contributed by atoms with Crippen LogP contribution in [-0.2, 0) is 4.79 Å². The molecule has 0 aliphatic carbocycles. The Morgan fingerprint density at radius 1 is 1.88 bits per heavy atom. The molecule has 3 nitrogen and oxygen atoms in total. The summed E-state index contributed by atoms with van der Waals surface area (Å²) in [5, 5.41) is 14.3. The highest BCUT2D eigenvalue weighted by atomic mass is 16.4. The smallest absolute Gasteiger partial charge is 0.381 e. The summed E-state index contributed by atoms with van der Waals surface area (Å²) in [6, 6.07) is 0. The lowest BCUT2D eigenvalue weighted by Crippen LogP contribution is -1.86. The molecule has 8 heavy (non-hydrogen) atoms. The van der Waals surface area contributed by atoms with Crippen LogP contribution < -0.4 is 0 Å². The summed E-state index contributed by atoms with van der Waals surface area (Å²) in [5.41, 5.74) is 0. The Morgan fingerprint density at radius 2 is 2.50 bits per heavy atom. The molecule has 0 spiro atoms. The predicted octanol–water partition coefficient (Wildman–Crippen LogP) is 0.114. The number of hydrogen-bond donors (Lipinski definition) is 2. The van der Waals surface area contributed by atoms with Gasteiger partial charge in [-0.1, -0.05) is 5.92 Å². The van der Waals surface area contributed by atoms with Crippen LogP contribution in [0.2, 0.25) is 0 Å². The Balaban J connectivity index is 3.50. The van der Waals surface area contributed by atoms with Crippen LogP contribution in [-0.4, -0.2) is 17.3 Å². The molecule has 0 atom stereocenters. The molecule has 0 aromatic carbocycles. The minimum Gasteiger partial charge on any atom is -0.472 e. The van der Waals surface area contributed by atoms with Crippen LogP contribution in [0.4, 0.5) is 0 Å². The van der Waals surface area contributed by atoms with Gasteiger partial charge in [-0.2, -0.15) is 0 Å². The highest BCUT2D eigenvalue weighted by Crippen LogP contribution is 1.63. The van der Waals surface area contributed by atoms with Crippen molar-refractivity contribution in [2.24, 2.45) is 0 Å². The quantitative estimate of drug-likeness (QED) is 0.372. The second-order valence-electron chi connectivity index (χ2n) is 1.02. The van der Waals surface area contributed by atoms with Crippen molar-refractivity contribution in [3.8, 4) is 11.8 Å². The van der Waals surface area contributed by atoms with Gasteiger partial charge in [-0.25, -0.2) is 4.79 Å². The molecule has 2 N–H and O–H groups in total. The predicted molar refractivity (Wildman–Crippen MR) is 28.8 cm³/mol. The Kier molecular flexibility index (Phi) is 3.25. The van der Waals surface area contributed by atoms with Crippen LogP contribution in [0.3, 0.4) is 0 Å². The second kappa shape index (κ2) is 3.88. The second-order valence-corrected chi connectivity index (χ2v) is 1.02. The Bertz CT molecular complexity index is 152. The lowest BCUT2D eigenvalue weighted by atomic mass is 10.4. The monoisotopic (exact) mass is 111 g/mol. The van der Waals surface area contributed by atoms with Crippen LogP contribution in [0.1, 0.15) is 6.42 Å². The summed E-state index contributed by atoms with van der Waals surface area (Å²) < 4.78 is 0. The van der Waals surface area contributed by atoms with Crippen molar-refractivity contribution in [3.05, 3.63) is 0 Å². The van der Waals surface area contributed by atoms with Crippen LogP contribution in [0.15, 0.2) is 0 Å². The van der Waals surface area contributed by atoms with Crippen molar-refractivity contribution in [3.63, 3.8) is 0 Å². The van der Waals surface area contributed by atoms with E-state index in [9.17, 15) is 4.79 Å². The molecular weight excluding hydrogens is 106 g/mol. The molecule has 0 unspecified atom stereocenters. The van der Waals surface area contributed by atoms with Gasteiger partial charge in [0, 0.05) is 18.6 Å². The third kappa shape index (κ3) is 4.70. The zero-order valence-corrected chi connectivity index (χ0v) is 4.14. The molecule has 0 bridgehead atoms. The fourth-order valence-electron chi connectivity index (χ4n) is 0.178. The Labute approximate surface area is 46.8 Å². The molecule has 0 aliphatic heterocycles. The van der Waals surface area contributed by atoms with Crippen molar-refractivity contribution < 1.29 is 9.90 Å². The maximum absolute atomic E-state index is 9.63. The van der Waals surface area contributed by atoms with E-state index in [1.807, 2.05) is 5.92 Å². The zero-order chi connectivity index (χ0) is 6.41. The maximum atomic E-state index is 9.63. The first-order valence-electron chi connectivity index (χ1n) is 1.98. The Hall–Kier alpha value is -1.30. The molecule has 0 aromatic heterocycles. The average molecular weight is 111 g/mol. The molecule has 3 heteroatoms. The van der Waals surface area contributed by atoms with Gasteiger partial charge in [0.15, 0.2) is 0 Å². The van der Waals surface area contributed by atoms with E-state index in [4.69, 9.17) is 10.5 Å². The molecule has 0 aromatic rings. The van der Waals surface area contributed by atoms with Crippen LogP contribution in [0.5, 0.6) is 0 Å². The van der Waals surface area contributed by atoms with E-state index in [1.54, 1.807) is 0 Å². The highest BCUT2D eigenvalue weighted by Gasteiger charge is 1.78. The molecule has 0 saturated heterocycles. The summed E-state index contributed by atoms with van der Waals surface area (Å²) >= 11 is 0. The topological polar surface area (TPSA) is 61.2 Å². The number of carboxylic acid groups (broad SMARTS) is 1. The summed E-state index contributed by atoms with van der Waals surface area (Å²) in [6.45, 7) is 0. The third-order valence-electron chi connectivity index (χ3n) is 0.399. The average Bonchev–Trinajstić information content (AvgIpc) is 1.66. The van der Waals surface area contributed by atoms with Gasteiger partial charge >= 0.3 is 5.97 Å². The van der Waals surface area contributed by atoms with E-state index in [1.165, 1.54) is 0 Å². The molecular formula is C5H5NO2. The minimum atomic E-state index is -1.15. The van der Waals surface area contributed by atoms with E-state index in [2.05, 4.69) is 5.92 Å². The molecule has 0 rings (SSSR count). The lowest BCUT2D eigenvalue weighted by molar-refractivity contribution is -0.130. The number of carbonyl (C=O) groups is 1. The van der Waals surface area contributed by atoms with Gasteiger partial charge in [-0.15, -0.1) is 0 Å². The first-order chi connectivity index (χ1) is 3.77. The molecule has 0 amide bonds. The van der Waals surface area contributed by atoms with Gasteiger partial charge in [0.05, 0.1) is 0 Å². The normalized spacial score (nSPS) is 6.50. The largest absolute Gasteiger partial charge is 0.472 e. The van der Waals surface area contributed by atoms with Gasteiger partial charge in [-0.05, 0) is 0 Å². The van der Waals surface area contributed by atoms with Crippen molar-refractivity contribution in [1.29, 1.82) is 5.41 Å². The number of aliphatic carboxylic acids is 1. The van der Waals surface area contributed by atoms with Crippen molar-refractivity contribution in [2.75, 3.05) is 0 Å². The summed E-state index contributed by atoms with van der Waals surface area (Å²) in [5.74, 6) is 2.96. The first-order valence-corrected chi connectivity index (χ1v) is 1.98. The number of carboxylic acids is 1. The van der Waals surface area contributed by atoms with E-state index in [0.29, 0.717) is 0 Å². The van der Waals surface area contributed by atoms with Crippen molar-refractivity contribution in [1.82, 2.24) is 0 Å². The number of nitrogens with one attached hydrogen (secondary N) is 1. The van der Waals surface area contributed by atoms with E-state index in [-0.39, 0.29) is 6.42 Å². The van der Waals surface area contributed by atoms with E-state index < -0.39 is 5.97 Å².